The lowest BCUT2D eigenvalue weighted by atomic mass is 9.84. The lowest BCUT2D eigenvalue weighted by molar-refractivity contribution is 0.597. The standard InChI is InChI=1S/C26H23NOS2/c1-14-13-30-25-17(14)5-6-19-22(25)21-20(28-19)7-9-27-23(21)16-11-15-8-10-29-24(15)18(12-16)26(2,3)4/h5-12,14H,13H2,1-4H3. The summed E-state index contributed by atoms with van der Waals surface area (Å²) in [4.78, 5) is 6.27. The van der Waals surface area contributed by atoms with Gasteiger partial charge in [0.1, 0.15) is 11.2 Å². The fourth-order valence-corrected chi connectivity index (χ4v) is 7.11. The Hall–Kier alpha value is -2.30. The number of hydrogen-bond donors (Lipinski definition) is 0. The van der Waals surface area contributed by atoms with E-state index in [2.05, 4.69) is 63.4 Å². The van der Waals surface area contributed by atoms with Crippen LogP contribution >= 0.6 is 23.1 Å². The molecule has 0 amide bonds. The van der Waals surface area contributed by atoms with Gasteiger partial charge in [0.2, 0.25) is 0 Å². The minimum absolute atomic E-state index is 0.0675. The largest absolute Gasteiger partial charge is 0.456 e. The third kappa shape index (κ3) is 2.60. The highest BCUT2D eigenvalue weighted by molar-refractivity contribution is 7.99. The van der Waals surface area contributed by atoms with Gasteiger partial charge >= 0.3 is 0 Å². The van der Waals surface area contributed by atoms with Crippen molar-refractivity contribution in [1.29, 1.82) is 0 Å². The summed E-state index contributed by atoms with van der Waals surface area (Å²) in [6.07, 6.45) is 1.88. The van der Waals surface area contributed by atoms with Crippen molar-refractivity contribution >= 4 is 55.1 Å². The number of furan rings is 1. The van der Waals surface area contributed by atoms with E-state index in [9.17, 15) is 0 Å². The zero-order valence-electron chi connectivity index (χ0n) is 17.6. The van der Waals surface area contributed by atoms with Crippen LogP contribution in [0.5, 0.6) is 0 Å². The van der Waals surface area contributed by atoms with E-state index in [0.29, 0.717) is 5.92 Å². The summed E-state index contributed by atoms with van der Waals surface area (Å²) in [7, 11) is 0. The number of benzene rings is 2. The van der Waals surface area contributed by atoms with Crippen molar-refractivity contribution < 1.29 is 4.42 Å². The van der Waals surface area contributed by atoms with Crippen LogP contribution in [0.1, 0.15) is 44.7 Å². The van der Waals surface area contributed by atoms with Gasteiger partial charge in [-0.2, -0.15) is 0 Å². The number of aromatic nitrogens is 1. The molecule has 5 aromatic rings. The Bertz CT molecular complexity index is 1450. The van der Waals surface area contributed by atoms with Gasteiger partial charge in [0.15, 0.2) is 0 Å². The molecule has 4 heterocycles. The number of rotatable bonds is 1. The topological polar surface area (TPSA) is 26.0 Å². The highest BCUT2D eigenvalue weighted by Crippen LogP contribution is 2.48. The Labute approximate surface area is 184 Å². The molecule has 0 fully saturated rings. The van der Waals surface area contributed by atoms with Gasteiger partial charge in [-0.05, 0) is 63.6 Å². The van der Waals surface area contributed by atoms with Crippen LogP contribution in [0, 0.1) is 0 Å². The molecule has 0 spiro atoms. The first-order valence-electron chi connectivity index (χ1n) is 10.4. The first kappa shape index (κ1) is 18.5. The molecule has 1 aliphatic heterocycles. The van der Waals surface area contributed by atoms with E-state index in [1.54, 1.807) is 0 Å². The quantitative estimate of drug-likeness (QED) is 0.268. The molecule has 0 N–H and O–H groups in total. The Morgan fingerprint density at radius 2 is 1.87 bits per heavy atom. The highest BCUT2D eigenvalue weighted by atomic mass is 32.2. The van der Waals surface area contributed by atoms with Gasteiger partial charge in [-0.15, -0.1) is 23.1 Å². The van der Waals surface area contributed by atoms with Crippen LogP contribution in [0.2, 0.25) is 0 Å². The maximum absolute atomic E-state index is 6.29. The van der Waals surface area contributed by atoms with Gasteiger partial charge in [-0.1, -0.05) is 33.8 Å². The molecule has 0 aliphatic carbocycles. The van der Waals surface area contributed by atoms with E-state index < -0.39 is 0 Å². The molecule has 2 aromatic carbocycles. The molecular formula is C26H23NOS2. The number of thiophene rings is 1. The third-order valence-corrected chi connectivity index (χ3v) is 8.53. The Kier molecular flexibility index (Phi) is 3.91. The van der Waals surface area contributed by atoms with E-state index in [4.69, 9.17) is 9.40 Å². The van der Waals surface area contributed by atoms with Gasteiger partial charge in [0, 0.05) is 32.5 Å². The van der Waals surface area contributed by atoms with E-state index in [1.807, 2.05) is 35.4 Å². The van der Waals surface area contributed by atoms with Gasteiger partial charge < -0.3 is 4.42 Å². The van der Waals surface area contributed by atoms with E-state index in [-0.39, 0.29) is 5.41 Å². The minimum atomic E-state index is 0.0675. The van der Waals surface area contributed by atoms with Gasteiger partial charge in [0.05, 0.1) is 11.1 Å². The summed E-state index contributed by atoms with van der Waals surface area (Å²) in [6, 6.07) is 13.2. The molecule has 30 heavy (non-hydrogen) atoms. The lowest BCUT2D eigenvalue weighted by Crippen LogP contribution is -2.11. The molecule has 150 valence electrons. The van der Waals surface area contributed by atoms with Gasteiger partial charge in [-0.3, -0.25) is 4.98 Å². The molecule has 0 bridgehead atoms. The molecule has 2 nitrogen and oxygen atoms in total. The number of fused-ring (bicyclic) bond motifs is 6. The number of hydrogen-bond acceptors (Lipinski definition) is 4. The zero-order valence-corrected chi connectivity index (χ0v) is 19.2. The minimum Gasteiger partial charge on any atom is -0.456 e. The summed E-state index contributed by atoms with van der Waals surface area (Å²) >= 11 is 3.78. The molecule has 4 heteroatoms. The average molecular weight is 430 g/mol. The van der Waals surface area contributed by atoms with Crippen molar-refractivity contribution in [2.75, 3.05) is 5.75 Å². The van der Waals surface area contributed by atoms with Crippen molar-refractivity contribution in [2.45, 2.75) is 43.9 Å². The predicted octanol–water partition coefficient (Wildman–Crippen LogP) is 8.37. The summed E-state index contributed by atoms with van der Waals surface area (Å²) in [5, 5.41) is 5.88. The normalized spacial score (nSPS) is 16.7. The molecule has 1 aliphatic rings. The lowest BCUT2D eigenvalue weighted by Gasteiger charge is -2.21. The maximum atomic E-state index is 6.29. The predicted molar refractivity (Wildman–Crippen MR) is 130 cm³/mol. The molecule has 1 atom stereocenters. The zero-order chi connectivity index (χ0) is 20.6. The van der Waals surface area contributed by atoms with Crippen LogP contribution in [-0.4, -0.2) is 10.7 Å². The molecule has 0 saturated heterocycles. The smallest absolute Gasteiger partial charge is 0.139 e. The van der Waals surface area contributed by atoms with Crippen LogP contribution in [0.15, 0.2) is 57.3 Å². The first-order valence-corrected chi connectivity index (χ1v) is 12.3. The highest BCUT2D eigenvalue weighted by Gasteiger charge is 2.26. The fraction of sp³-hybridized carbons (Fsp3) is 0.269. The molecule has 0 saturated carbocycles. The van der Waals surface area contributed by atoms with E-state index >= 15 is 0 Å². The molecule has 0 radical (unpaired) electrons. The second kappa shape index (κ2) is 6.35. The third-order valence-electron chi connectivity index (χ3n) is 6.17. The molecule has 3 aromatic heterocycles. The molecular weight excluding hydrogens is 406 g/mol. The Balaban J connectivity index is 1.72. The summed E-state index contributed by atoms with van der Waals surface area (Å²) < 4.78 is 7.67. The van der Waals surface area contributed by atoms with Crippen molar-refractivity contribution in [3.63, 3.8) is 0 Å². The maximum Gasteiger partial charge on any atom is 0.139 e. The van der Waals surface area contributed by atoms with Crippen LogP contribution in [-0.2, 0) is 5.41 Å². The van der Waals surface area contributed by atoms with Crippen LogP contribution in [0.4, 0.5) is 0 Å². The first-order chi connectivity index (χ1) is 14.4. The molecule has 6 rings (SSSR count). The average Bonchev–Trinajstić information content (AvgIpc) is 3.42. The van der Waals surface area contributed by atoms with Crippen molar-refractivity contribution in [3.05, 3.63) is 59.1 Å². The van der Waals surface area contributed by atoms with Crippen molar-refractivity contribution in [2.24, 2.45) is 0 Å². The van der Waals surface area contributed by atoms with Crippen LogP contribution < -0.4 is 0 Å². The monoisotopic (exact) mass is 429 g/mol. The SMILES string of the molecule is CC1CSc2c1ccc1oc3ccnc(-c4cc(C(C)(C)C)c5sccc5c4)c3c21. The van der Waals surface area contributed by atoms with Crippen molar-refractivity contribution in [1.82, 2.24) is 4.98 Å². The fourth-order valence-electron chi connectivity index (χ4n) is 4.63. The Morgan fingerprint density at radius 3 is 2.70 bits per heavy atom. The number of pyridine rings is 1. The molecule has 1 unspecified atom stereocenters. The van der Waals surface area contributed by atoms with Crippen molar-refractivity contribution in [3.8, 4) is 11.3 Å². The van der Waals surface area contributed by atoms with E-state index in [0.717, 1.165) is 28.0 Å². The van der Waals surface area contributed by atoms with Crippen LogP contribution in [0.25, 0.3) is 43.3 Å². The Morgan fingerprint density at radius 1 is 1.03 bits per heavy atom. The van der Waals surface area contributed by atoms with E-state index in [1.165, 1.54) is 37.1 Å². The number of nitrogens with zero attached hydrogens (tertiary/aromatic N) is 1. The van der Waals surface area contributed by atoms with Crippen LogP contribution in [0.3, 0.4) is 0 Å². The summed E-state index contributed by atoms with van der Waals surface area (Å²) in [5.41, 5.74) is 6.97. The van der Waals surface area contributed by atoms with Gasteiger partial charge in [-0.25, -0.2) is 0 Å². The summed E-state index contributed by atoms with van der Waals surface area (Å²) in [5.74, 6) is 1.71. The number of thioether (sulfide) groups is 1. The summed E-state index contributed by atoms with van der Waals surface area (Å²) in [6.45, 7) is 9.18. The second-order valence-electron chi connectivity index (χ2n) is 9.32. The second-order valence-corrected chi connectivity index (χ2v) is 11.3. The van der Waals surface area contributed by atoms with Gasteiger partial charge in [0.25, 0.3) is 0 Å².